The average molecular weight is 453 g/mol. The summed E-state index contributed by atoms with van der Waals surface area (Å²) in [4.78, 5) is 13.9. The molecule has 3 nitrogen and oxygen atoms in total. The third-order valence-electron chi connectivity index (χ3n) is 6.69. The molecule has 0 aliphatic carbocycles. The number of carbonyl (C=O) groups excluding carboxylic acids is 1. The molecule has 0 atom stereocenters. The predicted molar refractivity (Wildman–Crippen MR) is 133 cm³/mol. The van der Waals surface area contributed by atoms with E-state index in [1.807, 2.05) is 6.92 Å². The van der Waals surface area contributed by atoms with Gasteiger partial charge in [-0.25, -0.2) is 0 Å². The second-order valence-electron chi connectivity index (χ2n) is 8.47. The summed E-state index contributed by atoms with van der Waals surface area (Å²) in [5, 5.41) is 0. The van der Waals surface area contributed by atoms with Crippen molar-refractivity contribution in [1.82, 2.24) is 0 Å². The normalized spacial score (nSPS) is 14.1. The van der Waals surface area contributed by atoms with Crippen molar-refractivity contribution in [2.24, 2.45) is 0 Å². The molecule has 4 heteroatoms. The van der Waals surface area contributed by atoms with Crippen molar-refractivity contribution < 1.29 is 14.3 Å². The van der Waals surface area contributed by atoms with Gasteiger partial charge in [-0.15, -0.1) is 11.3 Å². The molecule has 1 aromatic carbocycles. The van der Waals surface area contributed by atoms with Gasteiger partial charge in [0.25, 0.3) is 0 Å². The maximum atomic E-state index is 11.5. The quantitative estimate of drug-likeness (QED) is 0.238. The number of aryl methyl sites for hydroxylation is 2. The SMILES string of the molecule is CCOC(=O)CCCCc1ccc(C#Cc2cc3c(cc2CC)OCCC3(CC)CC)s1. The van der Waals surface area contributed by atoms with Crippen molar-refractivity contribution in [3.8, 4) is 17.6 Å². The molecule has 2 heterocycles. The van der Waals surface area contributed by atoms with Gasteiger partial charge in [0.2, 0.25) is 0 Å². The van der Waals surface area contributed by atoms with E-state index in [4.69, 9.17) is 9.47 Å². The van der Waals surface area contributed by atoms with E-state index in [9.17, 15) is 4.79 Å². The molecule has 172 valence electrons. The Balaban J connectivity index is 1.72. The first-order valence-corrected chi connectivity index (χ1v) is 12.9. The fourth-order valence-corrected chi connectivity index (χ4v) is 5.45. The molecular weight excluding hydrogens is 416 g/mol. The Labute approximate surface area is 197 Å². The Hall–Kier alpha value is -2.25. The predicted octanol–water partition coefficient (Wildman–Crippen LogP) is 6.83. The zero-order valence-electron chi connectivity index (χ0n) is 20.0. The molecule has 1 aliphatic rings. The molecule has 0 bridgehead atoms. The average Bonchev–Trinajstić information content (AvgIpc) is 3.27. The lowest BCUT2D eigenvalue weighted by atomic mass is 9.71. The molecule has 0 saturated carbocycles. The minimum absolute atomic E-state index is 0.0948. The van der Waals surface area contributed by atoms with Gasteiger partial charge in [0, 0.05) is 27.8 Å². The van der Waals surface area contributed by atoms with Crippen LogP contribution in [-0.2, 0) is 27.8 Å². The first-order valence-electron chi connectivity index (χ1n) is 12.1. The van der Waals surface area contributed by atoms with Gasteiger partial charge in [-0.1, -0.05) is 32.6 Å². The number of ether oxygens (including phenoxy) is 2. The van der Waals surface area contributed by atoms with Crippen LogP contribution in [-0.4, -0.2) is 19.2 Å². The van der Waals surface area contributed by atoms with E-state index in [2.05, 4.69) is 56.9 Å². The highest BCUT2D eigenvalue weighted by Crippen LogP contribution is 2.44. The van der Waals surface area contributed by atoms with Gasteiger partial charge in [0.1, 0.15) is 5.75 Å². The van der Waals surface area contributed by atoms with Crippen molar-refractivity contribution in [2.45, 2.75) is 84.5 Å². The van der Waals surface area contributed by atoms with Crippen LogP contribution in [0.25, 0.3) is 0 Å². The number of carbonyl (C=O) groups is 1. The summed E-state index contributed by atoms with van der Waals surface area (Å²) in [5.41, 5.74) is 3.93. The molecule has 2 aromatic rings. The van der Waals surface area contributed by atoms with Crippen molar-refractivity contribution in [1.29, 1.82) is 0 Å². The lowest BCUT2D eigenvalue weighted by molar-refractivity contribution is -0.143. The van der Waals surface area contributed by atoms with Crippen LogP contribution in [0.4, 0.5) is 0 Å². The number of thiophene rings is 1. The van der Waals surface area contributed by atoms with Crippen LogP contribution in [0.1, 0.15) is 92.7 Å². The van der Waals surface area contributed by atoms with Crippen molar-refractivity contribution in [3.05, 3.63) is 50.7 Å². The van der Waals surface area contributed by atoms with E-state index < -0.39 is 0 Å². The van der Waals surface area contributed by atoms with Crippen molar-refractivity contribution in [3.63, 3.8) is 0 Å². The third-order valence-corrected chi connectivity index (χ3v) is 7.75. The highest BCUT2D eigenvalue weighted by atomic mass is 32.1. The molecule has 3 rings (SSSR count). The molecule has 0 unspecified atom stereocenters. The number of hydrogen-bond acceptors (Lipinski definition) is 4. The van der Waals surface area contributed by atoms with Gasteiger partial charge in [-0.05, 0) is 81.7 Å². The van der Waals surface area contributed by atoms with E-state index in [0.29, 0.717) is 13.0 Å². The van der Waals surface area contributed by atoms with E-state index in [1.165, 1.54) is 16.0 Å². The molecular formula is C28H36O3S. The first-order chi connectivity index (χ1) is 15.5. The topological polar surface area (TPSA) is 35.5 Å². The fourth-order valence-electron chi connectivity index (χ4n) is 4.55. The lowest BCUT2D eigenvalue weighted by Gasteiger charge is -2.38. The van der Waals surface area contributed by atoms with Gasteiger partial charge in [-0.2, -0.15) is 0 Å². The summed E-state index contributed by atoms with van der Waals surface area (Å²) in [6.45, 7) is 9.87. The maximum absolute atomic E-state index is 11.5. The van der Waals surface area contributed by atoms with Crippen LogP contribution in [0, 0.1) is 11.8 Å². The molecule has 32 heavy (non-hydrogen) atoms. The third kappa shape index (κ3) is 5.75. The fraction of sp³-hybridized carbons (Fsp3) is 0.536. The number of hydrogen-bond donors (Lipinski definition) is 0. The first kappa shape index (κ1) is 24.4. The largest absolute Gasteiger partial charge is 0.493 e. The standard InChI is InChI=1S/C28H36O3S/c1-5-21-20-26-25(28(6-2,7-3)17-18-31-26)19-22(21)13-14-24-16-15-23(32-24)11-9-10-12-27(29)30-8-4/h15-16,19-20H,5-12,17-18H2,1-4H3. The van der Waals surface area contributed by atoms with Gasteiger partial charge < -0.3 is 9.47 Å². The molecule has 0 spiro atoms. The second kappa shape index (κ2) is 11.6. The van der Waals surface area contributed by atoms with Crippen LogP contribution in [0.2, 0.25) is 0 Å². The molecule has 0 amide bonds. The van der Waals surface area contributed by atoms with Gasteiger partial charge in [-0.3, -0.25) is 4.79 Å². The smallest absolute Gasteiger partial charge is 0.305 e. The number of rotatable bonds is 9. The van der Waals surface area contributed by atoms with Gasteiger partial charge in [0.15, 0.2) is 0 Å². The Bertz CT molecular complexity index is 972. The van der Waals surface area contributed by atoms with E-state index in [1.54, 1.807) is 11.3 Å². The monoisotopic (exact) mass is 452 g/mol. The summed E-state index contributed by atoms with van der Waals surface area (Å²) in [6.07, 6.45) is 7.63. The number of unbranched alkanes of at least 4 members (excludes halogenated alkanes) is 1. The number of benzene rings is 1. The number of esters is 1. The van der Waals surface area contributed by atoms with Crippen LogP contribution < -0.4 is 4.74 Å². The summed E-state index contributed by atoms with van der Waals surface area (Å²) in [7, 11) is 0. The molecule has 1 aliphatic heterocycles. The summed E-state index contributed by atoms with van der Waals surface area (Å²) in [6, 6.07) is 8.81. The lowest BCUT2D eigenvalue weighted by Crippen LogP contribution is -2.32. The highest BCUT2D eigenvalue weighted by Gasteiger charge is 2.35. The second-order valence-corrected chi connectivity index (χ2v) is 9.64. The van der Waals surface area contributed by atoms with Gasteiger partial charge in [0.05, 0.1) is 18.1 Å². The molecule has 0 saturated heterocycles. The Morgan fingerprint density at radius 1 is 1.12 bits per heavy atom. The van der Waals surface area contributed by atoms with E-state index >= 15 is 0 Å². The highest BCUT2D eigenvalue weighted by molar-refractivity contribution is 7.12. The van der Waals surface area contributed by atoms with Crippen LogP contribution in [0.5, 0.6) is 5.75 Å². The summed E-state index contributed by atoms with van der Waals surface area (Å²) in [5.74, 6) is 7.84. The van der Waals surface area contributed by atoms with Crippen molar-refractivity contribution in [2.75, 3.05) is 13.2 Å². The summed E-state index contributed by atoms with van der Waals surface area (Å²) >= 11 is 1.76. The van der Waals surface area contributed by atoms with E-state index in [-0.39, 0.29) is 11.4 Å². The minimum Gasteiger partial charge on any atom is -0.493 e. The van der Waals surface area contributed by atoms with Crippen LogP contribution in [0.15, 0.2) is 24.3 Å². The summed E-state index contributed by atoms with van der Waals surface area (Å²) < 4.78 is 11.0. The molecule has 1 aromatic heterocycles. The Morgan fingerprint density at radius 2 is 1.94 bits per heavy atom. The van der Waals surface area contributed by atoms with Crippen LogP contribution in [0.3, 0.4) is 0 Å². The zero-order valence-corrected chi connectivity index (χ0v) is 20.8. The Kier molecular flexibility index (Phi) is 8.82. The number of fused-ring (bicyclic) bond motifs is 1. The van der Waals surface area contributed by atoms with Gasteiger partial charge >= 0.3 is 5.97 Å². The zero-order chi connectivity index (χ0) is 23.0. The van der Waals surface area contributed by atoms with Crippen molar-refractivity contribution >= 4 is 17.3 Å². The molecule has 0 fully saturated rings. The molecule has 0 N–H and O–H groups in total. The Morgan fingerprint density at radius 3 is 2.66 bits per heavy atom. The maximum Gasteiger partial charge on any atom is 0.305 e. The minimum atomic E-state index is -0.0948. The van der Waals surface area contributed by atoms with E-state index in [0.717, 1.165) is 67.7 Å². The van der Waals surface area contributed by atoms with Crippen LogP contribution >= 0.6 is 11.3 Å². The molecule has 0 radical (unpaired) electrons.